The lowest BCUT2D eigenvalue weighted by Crippen LogP contribution is -2.46. The van der Waals surface area contributed by atoms with Crippen LogP contribution in [0.5, 0.6) is 0 Å². The van der Waals surface area contributed by atoms with Gasteiger partial charge in [-0.3, -0.25) is 0 Å². The molecule has 0 spiro atoms. The number of hydrogen-bond donors (Lipinski definition) is 1. The van der Waals surface area contributed by atoms with Gasteiger partial charge in [0, 0.05) is 19.0 Å². The molecule has 0 amide bonds. The summed E-state index contributed by atoms with van der Waals surface area (Å²) in [5, 5.41) is 3.32. The van der Waals surface area contributed by atoms with E-state index in [-0.39, 0.29) is 5.92 Å². The van der Waals surface area contributed by atoms with E-state index in [4.69, 9.17) is 0 Å². The number of piperidine rings is 2. The minimum Gasteiger partial charge on any atom is -0.316 e. The molecule has 2 fully saturated rings. The minimum absolute atomic E-state index is 0.270. The van der Waals surface area contributed by atoms with Crippen molar-refractivity contribution in [3.63, 3.8) is 0 Å². The molecule has 1 N–H and O–H groups in total. The van der Waals surface area contributed by atoms with E-state index in [9.17, 15) is 4.39 Å². The summed E-state index contributed by atoms with van der Waals surface area (Å²) in [5.74, 6) is 0.850. The first-order valence-corrected chi connectivity index (χ1v) is 5.80. The summed E-state index contributed by atoms with van der Waals surface area (Å²) >= 11 is 0. The molecule has 2 saturated heterocycles. The van der Waals surface area contributed by atoms with E-state index < -0.39 is 6.17 Å². The first-order valence-electron chi connectivity index (χ1n) is 5.80. The highest BCUT2D eigenvalue weighted by molar-refractivity contribution is 4.86. The number of hydrogen-bond acceptors (Lipinski definition) is 2. The lowest BCUT2D eigenvalue weighted by Gasteiger charge is -2.38. The number of alkyl halides is 1. The van der Waals surface area contributed by atoms with Crippen molar-refractivity contribution in [3.05, 3.63) is 0 Å². The van der Waals surface area contributed by atoms with Crippen molar-refractivity contribution in [1.82, 2.24) is 10.2 Å². The third kappa shape index (κ3) is 2.26. The van der Waals surface area contributed by atoms with Crippen molar-refractivity contribution in [2.24, 2.45) is 11.8 Å². The highest BCUT2D eigenvalue weighted by Crippen LogP contribution is 2.29. The van der Waals surface area contributed by atoms with Crippen LogP contribution in [0.15, 0.2) is 0 Å². The van der Waals surface area contributed by atoms with E-state index in [1.165, 1.54) is 19.4 Å². The predicted octanol–water partition coefficient (Wildman–Crippen LogP) is 1.28. The summed E-state index contributed by atoms with van der Waals surface area (Å²) in [7, 11) is 2.15. The minimum atomic E-state index is -0.562. The van der Waals surface area contributed by atoms with Crippen LogP contribution < -0.4 is 5.32 Å². The summed E-state index contributed by atoms with van der Waals surface area (Å²) in [6, 6.07) is 0. The van der Waals surface area contributed by atoms with Gasteiger partial charge in [0.15, 0.2) is 0 Å². The molecule has 0 radical (unpaired) electrons. The van der Waals surface area contributed by atoms with Gasteiger partial charge in [-0.1, -0.05) is 0 Å². The van der Waals surface area contributed by atoms with E-state index in [0.717, 1.165) is 19.6 Å². The van der Waals surface area contributed by atoms with Crippen LogP contribution in [0.4, 0.5) is 4.39 Å². The topological polar surface area (TPSA) is 15.3 Å². The summed E-state index contributed by atoms with van der Waals surface area (Å²) in [6.07, 6.45) is 2.61. The fourth-order valence-electron chi connectivity index (χ4n) is 2.87. The molecule has 2 aliphatic heterocycles. The highest BCUT2D eigenvalue weighted by atomic mass is 19.1. The summed E-state index contributed by atoms with van der Waals surface area (Å²) in [6.45, 7) is 4.03. The van der Waals surface area contributed by atoms with Crippen LogP contribution in [0.3, 0.4) is 0 Å². The number of halogens is 1. The Hall–Kier alpha value is -0.150. The van der Waals surface area contributed by atoms with Gasteiger partial charge in [-0.05, 0) is 45.3 Å². The van der Waals surface area contributed by atoms with Crippen molar-refractivity contribution in [3.8, 4) is 0 Å². The normalized spacial score (nSPS) is 41.1. The number of likely N-dealkylation sites (tertiary alicyclic amines) is 1. The lowest BCUT2D eigenvalue weighted by molar-refractivity contribution is 0.0774. The molecule has 2 rings (SSSR count). The van der Waals surface area contributed by atoms with Crippen LogP contribution in [0.1, 0.15) is 19.3 Å². The second kappa shape index (κ2) is 4.58. The van der Waals surface area contributed by atoms with Crippen LogP contribution >= 0.6 is 0 Å². The molecule has 0 saturated carbocycles. The average molecular weight is 200 g/mol. The number of rotatable bonds is 1. The van der Waals surface area contributed by atoms with Gasteiger partial charge in [0.1, 0.15) is 6.17 Å². The summed E-state index contributed by atoms with van der Waals surface area (Å²) in [5.41, 5.74) is 0. The van der Waals surface area contributed by atoms with Gasteiger partial charge in [-0.15, -0.1) is 0 Å². The highest BCUT2D eigenvalue weighted by Gasteiger charge is 2.33. The Bertz CT molecular complexity index is 186. The fraction of sp³-hybridized carbons (Fsp3) is 1.00. The number of nitrogens with zero attached hydrogens (tertiary/aromatic N) is 1. The summed E-state index contributed by atoms with van der Waals surface area (Å²) in [4.78, 5) is 2.34. The standard InChI is InChI=1S/C11H21FN2/c1-14-6-2-3-9(8-14)10-7-13-5-4-11(10)12/h9-11,13H,2-8H2,1H3. The second-order valence-electron chi connectivity index (χ2n) is 4.84. The molecule has 2 heterocycles. The quantitative estimate of drug-likeness (QED) is 0.686. The van der Waals surface area contributed by atoms with Crippen molar-refractivity contribution in [2.75, 3.05) is 33.2 Å². The van der Waals surface area contributed by atoms with Crippen molar-refractivity contribution in [1.29, 1.82) is 0 Å². The Kier molecular flexibility index (Phi) is 3.39. The third-order valence-electron chi connectivity index (χ3n) is 3.71. The Balaban J connectivity index is 1.91. The molecule has 14 heavy (non-hydrogen) atoms. The van der Waals surface area contributed by atoms with Gasteiger partial charge in [-0.2, -0.15) is 0 Å². The van der Waals surface area contributed by atoms with Crippen molar-refractivity contribution >= 4 is 0 Å². The lowest BCUT2D eigenvalue weighted by atomic mass is 9.80. The molecule has 3 unspecified atom stereocenters. The van der Waals surface area contributed by atoms with Gasteiger partial charge in [0.05, 0.1) is 0 Å². The Morgan fingerprint density at radius 3 is 2.93 bits per heavy atom. The van der Waals surface area contributed by atoms with Crippen LogP contribution in [0.2, 0.25) is 0 Å². The second-order valence-corrected chi connectivity index (χ2v) is 4.84. The zero-order chi connectivity index (χ0) is 9.97. The smallest absolute Gasteiger partial charge is 0.106 e. The average Bonchev–Trinajstić information content (AvgIpc) is 2.18. The van der Waals surface area contributed by atoms with Gasteiger partial charge >= 0.3 is 0 Å². The molecular weight excluding hydrogens is 179 g/mol. The maximum atomic E-state index is 13.7. The molecule has 0 aromatic carbocycles. The predicted molar refractivity (Wildman–Crippen MR) is 56.1 cm³/mol. The van der Waals surface area contributed by atoms with Crippen LogP contribution in [0.25, 0.3) is 0 Å². The van der Waals surface area contributed by atoms with E-state index in [2.05, 4.69) is 17.3 Å². The molecule has 0 aromatic heterocycles. The van der Waals surface area contributed by atoms with Crippen LogP contribution in [0, 0.1) is 11.8 Å². The Morgan fingerprint density at radius 2 is 2.21 bits per heavy atom. The Labute approximate surface area is 85.9 Å². The first-order chi connectivity index (χ1) is 6.77. The zero-order valence-corrected chi connectivity index (χ0v) is 9.01. The maximum Gasteiger partial charge on any atom is 0.106 e. The Morgan fingerprint density at radius 1 is 1.36 bits per heavy atom. The van der Waals surface area contributed by atoms with E-state index in [1.807, 2.05) is 0 Å². The van der Waals surface area contributed by atoms with E-state index in [1.54, 1.807) is 0 Å². The van der Waals surface area contributed by atoms with Gasteiger partial charge < -0.3 is 10.2 Å². The molecule has 3 atom stereocenters. The fourth-order valence-corrected chi connectivity index (χ4v) is 2.87. The van der Waals surface area contributed by atoms with Crippen LogP contribution in [-0.2, 0) is 0 Å². The van der Waals surface area contributed by atoms with Gasteiger partial charge in [-0.25, -0.2) is 4.39 Å². The van der Waals surface area contributed by atoms with Crippen molar-refractivity contribution in [2.45, 2.75) is 25.4 Å². The molecule has 0 aromatic rings. The molecule has 82 valence electrons. The van der Waals surface area contributed by atoms with Crippen molar-refractivity contribution < 1.29 is 4.39 Å². The van der Waals surface area contributed by atoms with Crippen LogP contribution in [-0.4, -0.2) is 44.3 Å². The van der Waals surface area contributed by atoms with E-state index >= 15 is 0 Å². The van der Waals surface area contributed by atoms with Gasteiger partial charge in [0.2, 0.25) is 0 Å². The first kappa shape index (κ1) is 10.4. The molecule has 0 aliphatic carbocycles. The zero-order valence-electron chi connectivity index (χ0n) is 9.01. The summed E-state index contributed by atoms with van der Waals surface area (Å²) < 4.78 is 13.7. The SMILES string of the molecule is CN1CCCC(C2CNCCC2F)C1. The van der Waals surface area contributed by atoms with Gasteiger partial charge in [0.25, 0.3) is 0 Å². The number of nitrogens with one attached hydrogen (secondary N) is 1. The molecule has 2 nitrogen and oxygen atoms in total. The molecule has 2 aliphatic rings. The third-order valence-corrected chi connectivity index (χ3v) is 3.71. The molecule has 0 bridgehead atoms. The van der Waals surface area contributed by atoms with E-state index in [0.29, 0.717) is 12.3 Å². The largest absolute Gasteiger partial charge is 0.316 e. The molecule has 3 heteroatoms. The maximum absolute atomic E-state index is 13.7. The monoisotopic (exact) mass is 200 g/mol. The molecular formula is C11H21FN2.